The maximum Gasteiger partial charge on any atom is 0.358 e. The Labute approximate surface area is 175 Å². The molecule has 6 heteroatoms. The van der Waals surface area contributed by atoms with Crippen LogP contribution in [0.25, 0.3) is 17.1 Å². The van der Waals surface area contributed by atoms with E-state index >= 15 is 0 Å². The molecule has 0 spiro atoms. The lowest BCUT2D eigenvalue weighted by Gasteiger charge is -2.24. The zero-order chi connectivity index (χ0) is 20.5. The van der Waals surface area contributed by atoms with Crippen molar-refractivity contribution in [2.45, 2.75) is 40.0 Å². The van der Waals surface area contributed by atoms with E-state index in [1.165, 1.54) is 11.1 Å². The maximum atomic E-state index is 12.6. The van der Waals surface area contributed by atoms with Crippen molar-refractivity contribution in [3.05, 3.63) is 51.5 Å². The summed E-state index contributed by atoms with van der Waals surface area (Å²) in [6.07, 6.45) is 2.51. The molecule has 0 unspecified atom stereocenters. The summed E-state index contributed by atoms with van der Waals surface area (Å²) in [4.78, 5) is 17.4. The van der Waals surface area contributed by atoms with Crippen LogP contribution in [0.15, 0.2) is 29.0 Å². The number of rotatable bonds is 6. The van der Waals surface area contributed by atoms with Crippen molar-refractivity contribution in [3.8, 4) is 22.8 Å². The molecule has 1 aliphatic heterocycles. The normalized spacial score (nSPS) is 12.6. The SMILES string of the molecule is CCOC(=O)c1nc(-c2ccsc2)n2c1CCc1cc(OC)c(CC(C)C)cc1-2. The van der Waals surface area contributed by atoms with Crippen LogP contribution in [0.1, 0.15) is 48.1 Å². The van der Waals surface area contributed by atoms with Gasteiger partial charge in [0.15, 0.2) is 5.69 Å². The molecule has 0 amide bonds. The second kappa shape index (κ2) is 8.03. The Balaban J connectivity index is 1.94. The van der Waals surface area contributed by atoms with Crippen LogP contribution in [-0.2, 0) is 24.0 Å². The van der Waals surface area contributed by atoms with Crippen LogP contribution in [0.5, 0.6) is 5.75 Å². The van der Waals surface area contributed by atoms with Crippen molar-refractivity contribution >= 4 is 17.3 Å². The highest BCUT2D eigenvalue weighted by Gasteiger charge is 2.29. The summed E-state index contributed by atoms with van der Waals surface area (Å²) >= 11 is 1.62. The molecule has 0 aliphatic carbocycles. The average Bonchev–Trinajstić information content (AvgIpc) is 3.35. The summed E-state index contributed by atoms with van der Waals surface area (Å²) in [6, 6.07) is 6.41. The average molecular weight is 411 g/mol. The molecule has 0 radical (unpaired) electrons. The van der Waals surface area contributed by atoms with Gasteiger partial charge >= 0.3 is 5.97 Å². The fraction of sp³-hybridized carbons (Fsp3) is 0.391. The number of carbonyl (C=O) groups is 1. The number of benzene rings is 1. The summed E-state index contributed by atoms with van der Waals surface area (Å²) in [7, 11) is 1.73. The molecular formula is C23H26N2O3S. The van der Waals surface area contributed by atoms with Gasteiger partial charge in [-0.05, 0) is 66.8 Å². The van der Waals surface area contributed by atoms with E-state index in [4.69, 9.17) is 14.5 Å². The molecular weight excluding hydrogens is 384 g/mol. The predicted molar refractivity (Wildman–Crippen MR) is 115 cm³/mol. The number of carbonyl (C=O) groups excluding carboxylic acids is 1. The van der Waals surface area contributed by atoms with E-state index in [9.17, 15) is 4.79 Å². The van der Waals surface area contributed by atoms with Gasteiger partial charge in [-0.2, -0.15) is 11.3 Å². The summed E-state index contributed by atoms with van der Waals surface area (Å²) < 4.78 is 13.1. The lowest BCUT2D eigenvalue weighted by Crippen LogP contribution is -2.17. The topological polar surface area (TPSA) is 53.3 Å². The Bertz CT molecular complexity index is 1040. The van der Waals surface area contributed by atoms with E-state index in [-0.39, 0.29) is 5.97 Å². The van der Waals surface area contributed by atoms with E-state index in [1.807, 2.05) is 18.4 Å². The van der Waals surface area contributed by atoms with Crippen molar-refractivity contribution < 1.29 is 14.3 Å². The Morgan fingerprint density at radius 2 is 2.14 bits per heavy atom. The van der Waals surface area contributed by atoms with Crippen LogP contribution in [-0.4, -0.2) is 29.2 Å². The van der Waals surface area contributed by atoms with Gasteiger partial charge in [0.2, 0.25) is 0 Å². The number of fused-ring (bicyclic) bond motifs is 3. The van der Waals surface area contributed by atoms with Gasteiger partial charge in [0.05, 0.1) is 25.1 Å². The fourth-order valence-electron chi connectivity index (χ4n) is 4.00. The van der Waals surface area contributed by atoms with E-state index in [0.717, 1.165) is 47.8 Å². The molecule has 3 aromatic rings. The molecule has 5 nitrogen and oxygen atoms in total. The number of imidazole rings is 1. The summed E-state index contributed by atoms with van der Waals surface area (Å²) in [6.45, 7) is 6.57. The Morgan fingerprint density at radius 3 is 2.79 bits per heavy atom. The third-order valence-corrected chi connectivity index (χ3v) is 5.89. The highest BCUT2D eigenvalue weighted by atomic mass is 32.1. The van der Waals surface area contributed by atoms with Gasteiger partial charge in [0.1, 0.15) is 11.6 Å². The number of hydrogen-bond acceptors (Lipinski definition) is 5. The largest absolute Gasteiger partial charge is 0.496 e. The van der Waals surface area contributed by atoms with Crippen LogP contribution in [0.4, 0.5) is 0 Å². The van der Waals surface area contributed by atoms with Crippen molar-refractivity contribution in [3.63, 3.8) is 0 Å². The number of ether oxygens (including phenoxy) is 2. The molecule has 0 bridgehead atoms. The number of aromatic nitrogens is 2. The number of aryl methyl sites for hydroxylation is 1. The minimum Gasteiger partial charge on any atom is -0.496 e. The molecule has 1 aromatic carbocycles. The summed E-state index contributed by atoms with van der Waals surface area (Å²) in [5.74, 6) is 1.89. The molecule has 0 N–H and O–H groups in total. The van der Waals surface area contributed by atoms with Gasteiger partial charge in [-0.15, -0.1) is 0 Å². The van der Waals surface area contributed by atoms with Crippen LogP contribution >= 0.6 is 11.3 Å². The van der Waals surface area contributed by atoms with Gasteiger partial charge in [0.25, 0.3) is 0 Å². The standard InChI is InChI=1S/C23H26N2O3S/c1-5-28-23(26)21-18-7-6-15-12-20(27-4)17(10-14(2)3)11-19(15)25(18)22(24-21)16-8-9-29-13-16/h8-9,11-14H,5-7,10H2,1-4H3. The van der Waals surface area contributed by atoms with Gasteiger partial charge < -0.3 is 9.47 Å². The maximum absolute atomic E-state index is 12.6. The van der Waals surface area contributed by atoms with Crippen molar-refractivity contribution in [2.75, 3.05) is 13.7 Å². The van der Waals surface area contributed by atoms with E-state index in [1.54, 1.807) is 18.4 Å². The summed E-state index contributed by atoms with van der Waals surface area (Å²) in [5, 5.41) is 4.10. The molecule has 1 aliphatic rings. The van der Waals surface area contributed by atoms with E-state index < -0.39 is 0 Å². The molecule has 29 heavy (non-hydrogen) atoms. The molecule has 4 rings (SSSR count). The quantitative estimate of drug-likeness (QED) is 0.532. The first kappa shape index (κ1) is 19.7. The third kappa shape index (κ3) is 3.57. The zero-order valence-electron chi connectivity index (χ0n) is 17.3. The number of esters is 1. The molecule has 0 saturated carbocycles. The second-order valence-electron chi connectivity index (χ2n) is 7.69. The molecule has 0 fully saturated rings. The number of methoxy groups -OCH3 is 1. The molecule has 152 valence electrons. The Morgan fingerprint density at radius 1 is 1.31 bits per heavy atom. The van der Waals surface area contributed by atoms with Crippen molar-refractivity contribution in [2.24, 2.45) is 5.92 Å². The van der Waals surface area contributed by atoms with Crippen LogP contribution in [0.2, 0.25) is 0 Å². The number of nitrogens with zero attached hydrogens (tertiary/aromatic N) is 2. The van der Waals surface area contributed by atoms with Crippen LogP contribution < -0.4 is 4.74 Å². The lowest BCUT2D eigenvalue weighted by molar-refractivity contribution is 0.0518. The first-order valence-corrected chi connectivity index (χ1v) is 11.0. The minimum atomic E-state index is -0.350. The highest BCUT2D eigenvalue weighted by molar-refractivity contribution is 7.08. The molecule has 2 aromatic heterocycles. The highest BCUT2D eigenvalue weighted by Crippen LogP contribution is 2.37. The van der Waals surface area contributed by atoms with Gasteiger partial charge in [-0.3, -0.25) is 4.57 Å². The van der Waals surface area contributed by atoms with Crippen molar-refractivity contribution in [1.82, 2.24) is 9.55 Å². The molecule has 0 saturated heterocycles. The predicted octanol–water partition coefficient (Wildman–Crippen LogP) is 5.08. The summed E-state index contributed by atoms with van der Waals surface area (Å²) in [5.41, 5.74) is 5.86. The van der Waals surface area contributed by atoms with Crippen molar-refractivity contribution in [1.29, 1.82) is 0 Å². The zero-order valence-corrected chi connectivity index (χ0v) is 18.1. The van der Waals surface area contributed by atoms with Crippen LogP contribution in [0, 0.1) is 5.92 Å². The Hall–Kier alpha value is -2.60. The lowest BCUT2D eigenvalue weighted by atomic mass is 9.94. The number of thiophene rings is 1. The van der Waals surface area contributed by atoms with Gasteiger partial charge in [-0.1, -0.05) is 13.8 Å². The third-order valence-electron chi connectivity index (χ3n) is 5.20. The number of hydrogen-bond donors (Lipinski definition) is 0. The van der Waals surface area contributed by atoms with Gasteiger partial charge in [-0.25, -0.2) is 9.78 Å². The first-order chi connectivity index (χ1) is 14.0. The smallest absolute Gasteiger partial charge is 0.358 e. The second-order valence-corrected chi connectivity index (χ2v) is 8.47. The van der Waals surface area contributed by atoms with Gasteiger partial charge in [0, 0.05) is 10.9 Å². The molecule has 0 atom stereocenters. The molecule has 3 heterocycles. The first-order valence-electron chi connectivity index (χ1n) is 10.0. The van der Waals surface area contributed by atoms with Crippen LogP contribution in [0.3, 0.4) is 0 Å². The minimum absolute atomic E-state index is 0.339. The monoisotopic (exact) mass is 410 g/mol. The van der Waals surface area contributed by atoms with E-state index in [2.05, 4.69) is 35.9 Å². The Kier molecular flexibility index (Phi) is 5.46. The van der Waals surface area contributed by atoms with E-state index in [0.29, 0.717) is 18.2 Å². The fourth-order valence-corrected chi connectivity index (χ4v) is 4.63.